The number of rotatable bonds is 5. The number of aryl methyl sites for hydroxylation is 2. The first-order valence-corrected chi connectivity index (χ1v) is 9.62. The summed E-state index contributed by atoms with van der Waals surface area (Å²) in [4.78, 5) is 0. The molecule has 0 nitrogen and oxygen atoms in total. The highest BCUT2D eigenvalue weighted by atomic mass is 19.1. The van der Waals surface area contributed by atoms with Crippen molar-refractivity contribution in [1.29, 1.82) is 0 Å². The van der Waals surface area contributed by atoms with Crippen LogP contribution < -0.4 is 0 Å². The van der Waals surface area contributed by atoms with Crippen LogP contribution in [-0.2, 0) is 12.8 Å². The largest absolute Gasteiger partial charge is 0.206 e. The van der Waals surface area contributed by atoms with Crippen LogP contribution in [0.2, 0.25) is 0 Å². The van der Waals surface area contributed by atoms with E-state index < -0.39 is 0 Å². The van der Waals surface area contributed by atoms with E-state index in [-0.39, 0.29) is 5.82 Å². The summed E-state index contributed by atoms with van der Waals surface area (Å²) >= 11 is 0. The molecule has 0 spiro atoms. The Morgan fingerprint density at radius 3 is 2.36 bits per heavy atom. The second-order valence-electron chi connectivity index (χ2n) is 7.52. The Hall–Kier alpha value is -1.89. The third kappa shape index (κ3) is 4.21. The van der Waals surface area contributed by atoms with E-state index in [2.05, 4.69) is 26.5 Å². The molecule has 3 rings (SSSR count). The predicted octanol–water partition coefficient (Wildman–Crippen LogP) is 7.04. The van der Waals surface area contributed by atoms with E-state index in [9.17, 15) is 0 Å². The monoisotopic (exact) mass is 336 g/mol. The Bertz CT molecular complexity index is 729. The summed E-state index contributed by atoms with van der Waals surface area (Å²) in [5.41, 5.74) is 6.40. The zero-order valence-corrected chi connectivity index (χ0v) is 15.6. The summed E-state index contributed by atoms with van der Waals surface area (Å²) in [5, 5.41) is 0. The topological polar surface area (TPSA) is 0 Å². The highest BCUT2D eigenvalue weighted by Crippen LogP contribution is 2.32. The molecule has 0 radical (unpaired) electrons. The minimum atomic E-state index is -0.0270. The highest BCUT2D eigenvalue weighted by Gasteiger charge is 2.18. The average Bonchev–Trinajstić information content (AvgIpc) is 2.62. The first-order valence-electron chi connectivity index (χ1n) is 9.62. The second kappa shape index (κ2) is 7.99. The Morgan fingerprint density at radius 2 is 1.72 bits per heavy atom. The fourth-order valence-electron chi connectivity index (χ4n) is 3.97. The summed E-state index contributed by atoms with van der Waals surface area (Å²) in [6.45, 7) is 8.22. The van der Waals surface area contributed by atoms with Crippen LogP contribution in [0.1, 0.15) is 55.7 Å². The lowest BCUT2D eigenvalue weighted by atomic mass is 9.82. The molecule has 0 bridgehead atoms. The normalized spacial score (nSPS) is 15.6. The Kier molecular flexibility index (Phi) is 5.73. The van der Waals surface area contributed by atoms with E-state index in [1.807, 2.05) is 30.3 Å². The molecule has 2 aromatic carbocycles. The maximum atomic E-state index is 15.1. The van der Waals surface area contributed by atoms with Gasteiger partial charge < -0.3 is 0 Å². The molecular weight excluding hydrogens is 307 g/mol. The van der Waals surface area contributed by atoms with Gasteiger partial charge >= 0.3 is 0 Å². The first kappa shape index (κ1) is 17.9. The molecule has 1 aliphatic rings. The molecule has 0 aliphatic heterocycles. The minimum absolute atomic E-state index is 0.0270. The molecule has 132 valence electrons. The average molecular weight is 336 g/mol. The zero-order chi connectivity index (χ0) is 17.8. The maximum Gasteiger partial charge on any atom is 0.134 e. The number of allylic oxidation sites excluding steroid dienone is 1. The fraction of sp³-hybridized carbons (Fsp3) is 0.417. The first-order chi connectivity index (χ1) is 12.1. The van der Waals surface area contributed by atoms with E-state index in [1.165, 1.54) is 48.8 Å². The lowest BCUT2D eigenvalue weighted by molar-refractivity contribution is 0.384. The lowest BCUT2D eigenvalue weighted by Crippen LogP contribution is -2.10. The van der Waals surface area contributed by atoms with Gasteiger partial charge in [-0.15, -0.1) is 0 Å². The van der Waals surface area contributed by atoms with Crippen molar-refractivity contribution < 1.29 is 4.39 Å². The summed E-state index contributed by atoms with van der Waals surface area (Å²) in [6.07, 6.45) is 7.77. The molecule has 0 saturated heterocycles. The van der Waals surface area contributed by atoms with Gasteiger partial charge in [-0.3, -0.25) is 0 Å². The van der Waals surface area contributed by atoms with Crippen molar-refractivity contribution in [3.8, 4) is 11.1 Å². The van der Waals surface area contributed by atoms with Crippen molar-refractivity contribution in [2.75, 3.05) is 0 Å². The van der Waals surface area contributed by atoms with Gasteiger partial charge in [0.1, 0.15) is 5.82 Å². The Labute approximate surface area is 151 Å². The van der Waals surface area contributed by atoms with Crippen LogP contribution in [0.3, 0.4) is 0 Å². The van der Waals surface area contributed by atoms with Crippen LogP contribution in [0, 0.1) is 18.7 Å². The van der Waals surface area contributed by atoms with E-state index >= 15 is 4.39 Å². The fourth-order valence-corrected chi connectivity index (χ4v) is 3.97. The maximum absolute atomic E-state index is 15.1. The molecule has 1 fully saturated rings. The van der Waals surface area contributed by atoms with Crippen molar-refractivity contribution in [2.45, 2.75) is 58.8 Å². The summed E-state index contributed by atoms with van der Waals surface area (Å²) in [6, 6.07) is 12.2. The van der Waals surface area contributed by atoms with E-state index in [4.69, 9.17) is 0 Å². The molecule has 0 atom stereocenters. The van der Waals surface area contributed by atoms with Crippen LogP contribution >= 0.6 is 0 Å². The molecule has 0 amide bonds. The van der Waals surface area contributed by atoms with Crippen molar-refractivity contribution in [3.63, 3.8) is 0 Å². The van der Waals surface area contributed by atoms with Crippen molar-refractivity contribution in [3.05, 3.63) is 71.1 Å². The Morgan fingerprint density at radius 1 is 1.04 bits per heavy atom. The van der Waals surface area contributed by atoms with Crippen LogP contribution in [0.25, 0.3) is 11.1 Å². The third-order valence-electron chi connectivity index (χ3n) is 5.69. The van der Waals surface area contributed by atoms with Gasteiger partial charge in [-0.1, -0.05) is 61.0 Å². The molecule has 1 aliphatic carbocycles. The summed E-state index contributed by atoms with van der Waals surface area (Å²) < 4.78 is 15.1. The van der Waals surface area contributed by atoms with Gasteiger partial charge in [0.2, 0.25) is 0 Å². The summed E-state index contributed by atoms with van der Waals surface area (Å²) in [5.74, 6) is 0.746. The van der Waals surface area contributed by atoms with Gasteiger partial charge in [-0.2, -0.15) is 0 Å². The van der Waals surface area contributed by atoms with Crippen LogP contribution in [0.5, 0.6) is 0 Å². The van der Waals surface area contributed by atoms with E-state index in [1.54, 1.807) is 0 Å². The Balaban J connectivity index is 1.77. The molecular formula is C24H29F. The molecule has 25 heavy (non-hydrogen) atoms. The lowest BCUT2D eigenvalue weighted by Gasteiger charge is -2.23. The summed E-state index contributed by atoms with van der Waals surface area (Å²) in [7, 11) is 0. The number of hydrogen-bond donors (Lipinski definition) is 0. The number of benzene rings is 2. The zero-order valence-electron chi connectivity index (χ0n) is 15.6. The van der Waals surface area contributed by atoms with Gasteiger partial charge in [0.05, 0.1) is 0 Å². The molecule has 0 heterocycles. The number of hydrogen-bond acceptors (Lipinski definition) is 0. The molecule has 1 heteroatoms. The van der Waals surface area contributed by atoms with E-state index in [0.717, 1.165) is 35.4 Å². The van der Waals surface area contributed by atoms with Gasteiger partial charge in [0.25, 0.3) is 0 Å². The minimum Gasteiger partial charge on any atom is -0.206 e. The van der Waals surface area contributed by atoms with Crippen LogP contribution in [-0.4, -0.2) is 0 Å². The molecule has 0 aromatic heterocycles. The van der Waals surface area contributed by atoms with Gasteiger partial charge in [-0.05, 0) is 74.5 Å². The second-order valence-corrected chi connectivity index (χ2v) is 7.52. The quantitative estimate of drug-likeness (QED) is 0.513. The molecule has 0 unspecified atom stereocenters. The molecule has 1 saturated carbocycles. The van der Waals surface area contributed by atoms with Crippen LogP contribution in [0.15, 0.2) is 48.6 Å². The van der Waals surface area contributed by atoms with Crippen molar-refractivity contribution >= 4 is 0 Å². The standard InChI is InChI=1S/C24H29F/c1-4-22-20(14-11-19-9-5-17(2)6-10-19)15-16-23(24(22)25)21-12-7-18(3)8-13-21/h7-8,12-13,15-16,19H,2,4-6,9-11,14H2,1,3H3. The van der Waals surface area contributed by atoms with E-state index in [0.29, 0.717) is 0 Å². The van der Waals surface area contributed by atoms with Gasteiger partial charge in [0.15, 0.2) is 0 Å². The van der Waals surface area contributed by atoms with Crippen LogP contribution in [0.4, 0.5) is 4.39 Å². The van der Waals surface area contributed by atoms with Gasteiger partial charge in [-0.25, -0.2) is 4.39 Å². The molecule has 0 N–H and O–H groups in total. The molecule has 2 aromatic rings. The SMILES string of the molecule is C=C1CCC(CCc2ccc(-c3ccc(C)cc3)c(F)c2CC)CC1. The van der Waals surface area contributed by atoms with Crippen molar-refractivity contribution in [1.82, 2.24) is 0 Å². The smallest absolute Gasteiger partial charge is 0.134 e. The van der Waals surface area contributed by atoms with Gasteiger partial charge in [0, 0.05) is 5.56 Å². The third-order valence-corrected chi connectivity index (χ3v) is 5.69. The predicted molar refractivity (Wildman–Crippen MR) is 105 cm³/mol. The van der Waals surface area contributed by atoms with Crippen molar-refractivity contribution in [2.24, 2.45) is 5.92 Å². The number of halogens is 1. The highest BCUT2D eigenvalue weighted by molar-refractivity contribution is 5.66.